The summed E-state index contributed by atoms with van der Waals surface area (Å²) in [5.41, 5.74) is 2.23. The number of hydrogen-bond acceptors (Lipinski definition) is 3. The normalized spacial score (nSPS) is 16.2. The van der Waals surface area contributed by atoms with Crippen LogP contribution in [0.1, 0.15) is 56.3 Å². The number of nitrogens with zero attached hydrogens (tertiary/aromatic N) is 2. The molecule has 138 valence electrons. The van der Waals surface area contributed by atoms with Crippen LogP contribution in [0.4, 0.5) is 0 Å². The minimum absolute atomic E-state index is 0. The number of aromatic nitrogens is 2. The van der Waals surface area contributed by atoms with Gasteiger partial charge in [0.1, 0.15) is 6.61 Å². The third-order valence-electron chi connectivity index (χ3n) is 5.06. The first-order chi connectivity index (χ1) is 11.8. The van der Waals surface area contributed by atoms with Crippen molar-refractivity contribution in [2.45, 2.75) is 58.2 Å². The van der Waals surface area contributed by atoms with Crippen LogP contribution in [0.25, 0.3) is 0 Å². The Balaban J connectivity index is 0.00000225. The summed E-state index contributed by atoms with van der Waals surface area (Å²) < 4.78 is 8.25. The average molecular weight is 364 g/mol. The van der Waals surface area contributed by atoms with Gasteiger partial charge in [-0.3, -0.25) is 0 Å². The van der Waals surface area contributed by atoms with Crippen molar-refractivity contribution in [1.82, 2.24) is 15.1 Å². The van der Waals surface area contributed by atoms with Crippen LogP contribution < -0.4 is 10.1 Å². The van der Waals surface area contributed by atoms with Gasteiger partial charge in [0.15, 0.2) is 0 Å². The molecule has 1 atom stereocenters. The van der Waals surface area contributed by atoms with Crippen molar-refractivity contribution in [2.24, 2.45) is 5.92 Å². The molecular weight excluding hydrogens is 334 g/mol. The predicted octanol–water partition coefficient (Wildman–Crippen LogP) is 4.74. The molecule has 2 aromatic rings. The molecule has 1 fully saturated rings. The molecule has 1 aromatic carbocycles. The fourth-order valence-electron chi connectivity index (χ4n) is 3.64. The second-order valence-electron chi connectivity index (χ2n) is 6.86. The molecule has 0 aliphatic heterocycles. The second-order valence-corrected chi connectivity index (χ2v) is 6.86. The summed E-state index contributed by atoms with van der Waals surface area (Å²) in [5, 5.41) is 8.00. The monoisotopic (exact) mass is 363 g/mol. The molecule has 1 aliphatic carbocycles. The van der Waals surface area contributed by atoms with E-state index in [1.807, 2.05) is 25.2 Å². The standard InChI is InChI=1S/C20H29N3O.ClH/c1-16(18-11-7-4-8-12-18)23-20(13-19(22-23)14-21-2)24-15-17-9-5-3-6-10-17;/h3,5-6,9-10,13,16,18,21H,4,7-8,11-12,14-15H2,1-2H3;1H. The molecule has 3 rings (SSSR count). The Morgan fingerprint density at radius 2 is 1.92 bits per heavy atom. The zero-order chi connectivity index (χ0) is 16.8. The maximum atomic E-state index is 6.13. The van der Waals surface area contributed by atoms with Crippen molar-refractivity contribution in [3.05, 3.63) is 47.7 Å². The maximum absolute atomic E-state index is 6.13. The molecule has 1 aliphatic rings. The molecule has 0 amide bonds. The van der Waals surface area contributed by atoms with Gasteiger partial charge in [-0.25, -0.2) is 4.68 Å². The van der Waals surface area contributed by atoms with Crippen molar-refractivity contribution in [3.8, 4) is 5.88 Å². The van der Waals surface area contributed by atoms with Crippen LogP contribution in [-0.2, 0) is 13.2 Å². The molecule has 1 unspecified atom stereocenters. The Hall–Kier alpha value is -1.52. The fraction of sp³-hybridized carbons (Fsp3) is 0.550. The summed E-state index contributed by atoms with van der Waals surface area (Å²) in [7, 11) is 1.95. The molecule has 1 heterocycles. The van der Waals surface area contributed by atoms with Crippen molar-refractivity contribution in [3.63, 3.8) is 0 Å². The lowest BCUT2D eigenvalue weighted by molar-refractivity contribution is 0.209. The Labute approximate surface area is 157 Å². The van der Waals surface area contributed by atoms with E-state index in [-0.39, 0.29) is 12.4 Å². The molecule has 25 heavy (non-hydrogen) atoms. The molecule has 1 N–H and O–H groups in total. The first-order valence-corrected chi connectivity index (χ1v) is 9.17. The molecule has 5 heteroatoms. The highest BCUT2D eigenvalue weighted by Gasteiger charge is 2.24. The first kappa shape index (κ1) is 19.8. The summed E-state index contributed by atoms with van der Waals surface area (Å²) in [6.07, 6.45) is 6.69. The number of hydrogen-bond donors (Lipinski definition) is 1. The van der Waals surface area contributed by atoms with E-state index in [0.29, 0.717) is 18.6 Å². The minimum Gasteiger partial charge on any atom is -0.473 e. The van der Waals surface area contributed by atoms with Crippen molar-refractivity contribution in [2.75, 3.05) is 7.05 Å². The fourth-order valence-corrected chi connectivity index (χ4v) is 3.64. The third-order valence-corrected chi connectivity index (χ3v) is 5.06. The first-order valence-electron chi connectivity index (χ1n) is 9.17. The predicted molar refractivity (Wildman–Crippen MR) is 104 cm³/mol. The molecule has 0 bridgehead atoms. The van der Waals surface area contributed by atoms with Crippen LogP contribution in [0.2, 0.25) is 0 Å². The van der Waals surface area contributed by atoms with Crippen molar-refractivity contribution >= 4 is 12.4 Å². The van der Waals surface area contributed by atoms with Gasteiger partial charge in [-0.1, -0.05) is 49.6 Å². The van der Waals surface area contributed by atoms with Gasteiger partial charge in [0, 0.05) is 12.6 Å². The summed E-state index contributed by atoms with van der Waals surface area (Å²) in [4.78, 5) is 0. The SMILES string of the molecule is CNCc1cc(OCc2ccccc2)n(C(C)C2CCCCC2)n1.Cl. The molecule has 4 nitrogen and oxygen atoms in total. The van der Waals surface area contributed by atoms with E-state index in [4.69, 9.17) is 9.84 Å². The van der Waals surface area contributed by atoms with Crippen molar-refractivity contribution in [1.29, 1.82) is 0 Å². The van der Waals surface area contributed by atoms with Gasteiger partial charge in [-0.2, -0.15) is 5.10 Å². The van der Waals surface area contributed by atoms with Gasteiger partial charge in [0.2, 0.25) is 5.88 Å². The summed E-state index contributed by atoms with van der Waals surface area (Å²) >= 11 is 0. The van der Waals surface area contributed by atoms with Gasteiger partial charge < -0.3 is 10.1 Å². The zero-order valence-electron chi connectivity index (χ0n) is 15.3. The minimum atomic E-state index is 0. The van der Waals surface area contributed by atoms with E-state index in [0.717, 1.165) is 18.1 Å². The van der Waals surface area contributed by atoms with Crippen LogP contribution in [0.3, 0.4) is 0 Å². The van der Waals surface area contributed by atoms with Gasteiger partial charge in [0.25, 0.3) is 0 Å². The highest BCUT2D eigenvalue weighted by Crippen LogP contribution is 2.34. The van der Waals surface area contributed by atoms with E-state index < -0.39 is 0 Å². The Morgan fingerprint density at radius 1 is 1.20 bits per heavy atom. The maximum Gasteiger partial charge on any atom is 0.212 e. The largest absolute Gasteiger partial charge is 0.473 e. The lowest BCUT2D eigenvalue weighted by Crippen LogP contribution is -2.21. The Bertz CT molecular complexity index is 623. The quantitative estimate of drug-likeness (QED) is 0.771. The second kappa shape index (κ2) is 9.83. The number of halogens is 1. The number of ether oxygens (including phenoxy) is 1. The zero-order valence-corrected chi connectivity index (χ0v) is 16.1. The van der Waals surface area contributed by atoms with Gasteiger partial charge in [0.05, 0.1) is 11.7 Å². The summed E-state index contributed by atoms with van der Waals surface area (Å²) in [6.45, 7) is 3.65. The summed E-state index contributed by atoms with van der Waals surface area (Å²) in [5.74, 6) is 1.60. The topological polar surface area (TPSA) is 39.1 Å². The summed E-state index contributed by atoms with van der Waals surface area (Å²) in [6, 6.07) is 12.8. The molecule has 0 saturated heterocycles. The number of rotatable bonds is 7. The van der Waals surface area contributed by atoms with E-state index in [1.165, 1.54) is 37.7 Å². The molecule has 1 saturated carbocycles. The van der Waals surface area contributed by atoms with E-state index in [9.17, 15) is 0 Å². The molecular formula is C20H30ClN3O. The van der Waals surface area contributed by atoms with E-state index in [1.54, 1.807) is 0 Å². The molecule has 0 spiro atoms. The van der Waals surface area contributed by atoms with Crippen molar-refractivity contribution < 1.29 is 4.74 Å². The highest BCUT2D eigenvalue weighted by molar-refractivity contribution is 5.85. The highest BCUT2D eigenvalue weighted by atomic mass is 35.5. The lowest BCUT2D eigenvalue weighted by Gasteiger charge is -2.28. The van der Waals surface area contributed by atoms with Crippen LogP contribution in [0.5, 0.6) is 5.88 Å². The van der Waals surface area contributed by atoms with Gasteiger partial charge >= 0.3 is 0 Å². The van der Waals surface area contributed by atoms with Crippen LogP contribution in [-0.4, -0.2) is 16.8 Å². The molecule has 1 aromatic heterocycles. The van der Waals surface area contributed by atoms with Gasteiger partial charge in [-0.15, -0.1) is 12.4 Å². The molecule has 0 radical (unpaired) electrons. The van der Waals surface area contributed by atoms with Gasteiger partial charge in [-0.05, 0) is 38.3 Å². The Kier molecular flexibility index (Phi) is 7.79. The average Bonchev–Trinajstić information content (AvgIpc) is 3.04. The number of benzene rings is 1. The van der Waals surface area contributed by atoms with Crippen LogP contribution >= 0.6 is 12.4 Å². The van der Waals surface area contributed by atoms with Crippen LogP contribution in [0, 0.1) is 5.92 Å². The Morgan fingerprint density at radius 3 is 2.60 bits per heavy atom. The van der Waals surface area contributed by atoms with Crippen LogP contribution in [0.15, 0.2) is 36.4 Å². The van der Waals surface area contributed by atoms with E-state index in [2.05, 4.69) is 35.1 Å². The van der Waals surface area contributed by atoms with E-state index >= 15 is 0 Å². The smallest absolute Gasteiger partial charge is 0.212 e. The lowest BCUT2D eigenvalue weighted by atomic mass is 9.85. The third kappa shape index (κ3) is 5.23. The number of nitrogens with one attached hydrogen (secondary N) is 1.